The Morgan fingerprint density at radius 3 is 2.21 bits per heavy atom. The summed E-state index contributed by atoms with van der Waals surface area (Å²) in [7, 11) is -3.51. The molecule has 2 aromatic carbocycles. The molecule has 2 atom stereocenters. The van der Waals surface area contributed by atoms with Crippen molar-refractivity contribution in [3.05, 3.63) is 66.2 Å². The summed E-state index contributed by atoms with van der Waals surface area (Å²) < 4.78 is 12.4. The quantitative estimate of drug-likeness (QED) is 0.511. The summed E-state index contributed by atoms with van der Waals surface area (Å²) in [5.74, 6) is -1.82. The van der Waals surface area contributed by atoms with Crippen LogP contribution in [-0.2, 0) is 15.8 Å². The first-order chi connectivity index (χ1) is 11.5. The predicted molar refractivity (Wildman–Crippen MR) is 97.7 cm³/mol. The largest absolute Gasteiger partial charge is 0.481 e. The second-order valence-electron chi connectivity index (χ2n) is 5.67. The summed E-state index contributed by atoms with van der Waals surface area (Å²) in [5, 5.41) is 9.36. The van der Waals surface area contributed by atoms with Crippen molar-refractivity contribution in [1.82, 2.24) is 0 Å². The Hall–Kier alpha value is -1.55. The Morgan fingerprint density at radius 1 is 1.04 bits per heavy atom. The van der Waals surface area contributed by atoms with Gasteiger partial charge < -0.3 is 10.00 Å². The van der Waals surface area contributed by atoms with Crippen molar-refractivity contribution < 1.29 is 19.4 Å². The molecule has 2 unspecified atom stereocenters. The van der Waals surface area contributed by atoms with Gasteiger partial charge in [0.05, 0.1) is 11.4 Å². The van der Waals surface area contributed by atoms with E-state index in [1.165, 1.54) is 11.8 Å². The van der Waals surface area contributed by atoms with Gasteiger partial charge in [0.2, 0.25) is 7.37 Å². The van der Waals surface area contributed by atoms with E-state index in [0.29, 0.717) is 12.8 Å². The Balaban J connectivity index is 1.90. The van der Waals surface area contributed by atoms with Gasteiger partial charge >= 0.3 is 5.97 Å². The molecule has 0 spiro atoms. The van der Waals surface area contributed by atoms with Crippen LogP contribution in [0.5, 0.6) is 0 Å². The van der Waals surface area contributed by atoms with E-state index in [0.717, 1.165) is 10.5 Å². The highest BCUT2D eigenvalue weighted by molar-refractivity contribution is 8.05. The lowest BCUT2D eigenvalue weighted by atomic mass is 10.0. The zero-order chi connectivity index (χ0) is 17.4. The molecule has 128 valence electrons. The first-order valence-electron chi connectivity index (χ1n) is 7.72. The minimum absolute atomic E-state index is 0.0339. The number of hydrogen-bond acceptors (Lipinski definition) is 3. The van der Waals surface area contributed by atoms with Crippen LogP contribution < -0.4 is 0 Å². The van der Waals surface area contributed by atoms with Crippen LogP contribution in [0.15, 0.2) is 65.6 Å². The minimum Gasteiger partial charge on any atom is -0.481 e. The van der Waals surface area contributed by atoms with Crippen molar-refractivity contribution in [2.45, 2.75) is 17.7 Å². The van der Waals surface area contributed by atoms with Crippen LogP contribution in [0.2, 0.25) is 0 Å². The predicted octanol–water partition coefficient (Wildman–Crippen LogP) is 4.34. The third-order valence-electron chi connectivity index (χ3n) is 3.66. The van der Waals surface area contributed by atoms with Gasteiger partial charge in [-0.3, -0.25) is 9.36 Å². The molecule has 0 heterocycles. The van der Waals surface area contributed by atoms with Crippen LogP contribution in [0.4, 0.5) is 0 Å². The zero-order valence-corrected chi connectivity index (χ0v) is 15.0. The smallest absolute Gasteiger partial charge is 0.307 e. The number of aliphatic carboxylic acids is 1. The first kappa shape index (κ1) is 18.8. The van der Waals surface area contributed by atoms with Crippen molar-refractivity contribution in [3.63, 3.8) is 0 Å². The number of benzene rings is 2. The molecule has 2 rings (SSSR count). The number of thioether (sulfide) groups is 1. The summed E-state index contributed by atoms with van der Waals surface area (Å²) in [5.41, 5.74) is 1.07. The maximum Gasteiger partial charge on any atom is 0.307 e. The Bertz CT molecular complexity index is 691. The van der Waals surface area contributed by atoms with Crippen molar-refractivity contribution in [2.75, 3.05) is 11.7 Å². The maximum absolute atomic E-state index is 12.4. The molecule has 24 heavy (non-hydrogen) atoms. The zero-order valence-electron chi connectivity index (χ0n) is 13.2. The van der Waals surface area contributed by atoms with E-state index >= 15 is 0 Å². The standard InChI is InChI=1S/C18H21O4PS/c19-18(20)16(12-11-15-7-3-1-4-8-15)13-23(21,22)14-24-17-9-5-2-6-10-17/h1-10,16H,11-14H2,(H,19,20)(H,21,22). The van der Waals surface area contributed by atoms with Crippen LogP contribution in [0.1, 0.15) is 12.0 Å². The Morgan fingerprint density at radius 2 is 1.62 bits per heavy atom. The summed E-state index contributed by atoms with van der Waals surface area (Å²) >= 11 is 1.29. The van der Waals surface area contributed by atoms with Gasteiger partial charge in [0.1, 0.15) is 0 Å². The summed E-state index contributed by atoms with van der Waals surface area (Å²) in [6.45, 7) is 0. The number of carbonyl (C=O) groups is 1. The molecule has 0 bridgehead atoms. The fourth-order valence-corrected chi connectivity index (χ4v) is 5.57. The number of carboxylic acid groups (broad SMARTS) is 1. The fraction of sp³-hybridized carbons (Fsp3) is 0.278. The lowest BCUT2D eigenvalue weighted by Crippen LogP contribution is -2.19. The van der Waals surface area contributed by atoms with Gasteiger partial charge in [0.15, 0.2) is 0 Å². The number of hydrogen-bond donors (Lipinski definition) is 2. The summed E-state index contributed by atoms with van der Waals surface area (Å²) in [4.78, 5) is 22.5. The molecule has 2 aromatic rings. The molecule has 2 N–H and O–H groups in total. The van der Waals surface area contributed by atoms with Gasteiger partial charge in [-0.15, -0.1) is 11.8 Å². The van der Waals surface area contributed by atoms with Crippen LogP contribution in [-0.4, -0.2) is 27.6 Å². The number of rotatable bonds is 9. The van der Waals surface area contributed by atoms with E-state index in [1.807, 2.05) is 60.7 Å². The van der Waals surface area contributed by atoms with Crippen molar-refractivity contribution in [1.29, 1.82) is 0 Å². The van der Waals surface area contributed by atoms with E-state index in [-0.39, 0.29) is 11.7 Å². The lowest BCUT2D eigenvalue weighted by Gasteiger charge is -2.17. The third kappa shape index (κ3) is 6.52. The van der Waals surface area contributed by atoms with Crippen LogP contribution in [0.3, 0.4) is 0 Å². The lowest BCUT2D eigenvalue weighted by molar-refractivity contribution is -0.141. The molecule has 0 saturated heterocycles. The molecule has 0 fully saturated rings. The van der Waals surface area contributed by atoms with E-state index in [2.05, 4.69) is 0 Å². The van der Waals surface area contributed by atoms with Gasteiger partial charge in [-0.25, -0.2) is 0 Å². The van der Waals surface area contributed by atoms with E-state index < -0.39 is 19.3 Å². The normalized spacial score (nSPS) is 14.7. The molecule has 0 aromatic heterocycles. The molecule has 0 saturated carbocycles. The van der Waals surface area contributed by atoms with Crippen molar-refractivity contribution in [3.8, 4) is 0 Å². The van der Waals surface area contributed by atoms with Gasteiger partial charge in [0.25, 0.3) is 0 Å². The Kier molecular flexibility index (Phi) is 7.10. The number of carboxylic acids is 1. The van der Waals surface area contributed by atoms with Gasteiger partial charge in [0, 0.05) is 11.1 Å². The molecular formula is C18H21O4PS. The highest BCUT2D eigenvalue weighted by Crippen LogP contribution is 2.48. The third-order valence-corrected chi connectivity index (χ3v) is 7.40. The van der Waals surface area contributed by atoms with Gasteiger partial charge in [-0.1, -0.05) is 48.5 Å². The van der Waals surface area contributed by atoms with E-state index in [9.17, 15) is 19.4 Å². The summed E-state index contributed by atoms with van der Waals surface area (Å²) in [6, 6.07) is 18.9. The molecule has 0 radical (unpaired) electrons. The minimum atomic E-state index is -3.51. The van der Waals surface area contributed by atoms with Crippen molar-refractivity contribution in [2.24, 2.45) is 5.92 Å². The highest BCUT2D eigenvalue weighted by Gasteiger charge is 2.28. The molecule has 0 amide bonds. The summed E-state index contributed by atoms with van der Waals surface area (Å²) in [6.07, 6.45) is 0.762. The van der Waals surface area contributed by atoms with Gasteiger partial charge in [-0.05, 0) is 30.5 Å². The first-order valence-corrected chi connectivity index (χ1v) is 10.7. The second kappa shape index (κ2) is 9.07. The fourth-order valence-electron chi connectivity index (χ4n) is 2.37. The topological polar surface area (TPSA) is 74.6 Å². The molecule has 0 aliphatic heterocycles. The molecule has 6 heteroatoms. The number of aryl methyl sites for hydroxylation is 1. The Labute approximate surface area is 146 Å². The second-order valence-corrected chi connectivity index (χ2v) is 9.53. The van der Waals surface area contributed by atoms with Crippen LogP contribution in [0, 0.1) is 5.92 Å². The van der Waals surface area contributed by atoms with Gasteiger partial charge in [-0.2, -0.15) is 0 Å². The molecule has 0 aliphatic carbocycles. The van der Waals surface area contributed by atoms with Crippen LogP contribution >= 0.6 is 19.1 Å². The monoisotopic (exact) mass is 364 g/mol. The molecule has 4 nitrogen and oxygen atoms in total. The van der Waals surface area contributed by atoms with E-state index in [1.54, 1.807) is 0 Å². The molecular weight excluding hydrogens is 343 g/mol. The van der Waals surface area contributed by atoms with E-state index in [4.69, 9.17) is 0 Å². The van der Waals surface area contributed by atoms with Crippen LogP contribution in [0.25, 0.3) is 0 Å². The molecule has 0 aliphatic rings. The SMILES string of the molecule is O=C(O)C(CCc1ccccc1)CP(=O)(O)CSc1ccccc1. The average Bonchev–Trinajstić information content (AvgIpc) is 2.58. The van der Waals surface area contributed by atoms with Crippen molar-refractivity contribution >= 4 is 25.1 Å². The maximum atomic E-state index is 12.4. The average molecular weight is 364 g/mol. The highest BCUT2D eigenvalue weighted by atomic mass is 32.2.